The van der Waals surface area contributed by atoms with E-state index in [1.165, 1.54) is 7.05 Å². The van der Waals surface area contributed by atoms with Crippen LogP contribution in [0.3, 0.4) is 0 Å². The number of likely N-dealkylation sites (N-methyl/N-ethyl adjacent to an activating group) is 1. The Morgan fingerprint density at radius 2 is 2.00 bits per heavy atom. The molecule has 7 nitrogen and oxygen atoms in total. The van der Waals surface area contributed by atoms with Gasteiger partial charge in [0.05, 0.1) is 0 Å². The normalized spacial score (nSPS) is 18.5. The average molecular weight is 311 g/mol. The number of rotatable bonds is 4. The summed E-state index contributed by atoms with van der Waals surface area (Å²) in [7, 11) is 1.36. The van der Waals surface area contributed by atoms with Crippen LogP contribution in [0.25, 0.3) is 0 Å². The van der Waals surface area contributed by atoms with Gasteiger partial charge in [-0.1, -0.05) is 0 Å². The Morgan fingerprint density at radius 3 is 2.48 bits per heavy atom. The molecule has 0 spiro atoms. The molecule has 1 aliphatic heterocycles. The van der Waals surface area contributed by atoms with Gasteiger partial charge in [0.1, 0.15) is 19.1 Å². The minimum Gasteiger partial charge on any atom is -0.480 e. The highest BCUT2D eigenvalue weighted by molar-refractivity contribution is 5.88. The molecule has 1 unspecified atom stereocenters. The summed E-state index contributed by atoms with van der Waals surface area (Å²) in [6.07, 6.45) is -3.91. The number of amides is 3. The number of aliphatic carboxylic acids is 1. The quantitative estimate of drug-likeness (QED) is 0.779. The average Bonchev–Trinajstić information content (AvgIpc) is 2.82. The number of carboxylic acid groups (broad SMARTS) is 1. The zero-order chi connectivity index (χ0) is 16.2. The maximum atomic E-state index is 12.4. The molecule has 0 radical (unpaired) electrons. The van der Waals surface area contributed by atoms with Gasteiger partial charge in [-0.3, -0.25) is 9.59 Å². The van der Waals surface area contributed by atoms with Crippen molar-refractivity contribution in [1.82, 2.24) is 15.1 Å². The van der Waals surface area contributed by atoms with Crippen molar-refractivity contribution in [2.45, 2.75) is 25.1 Å². The number of hydrogen-bond donors (Lipinski definition) is 2. The molecule has 0 aromatic carbocycles. The smallest absolute Gasteiger partial charge is 0.406 e. The van der Waals surface area contributed by atoms with Gasteiger partial charge in [0, 0.05) is 13.6 Å². The number of urea groups is 1. The minimum absolute atomic E-state index is 0.116. The molecule has 0 saturated carbocycles. The number of halogens is 3. The van der Waals surface area contributed by atoms with Crippen LogP contribution in [0.2, 0.25) is 0 Å². The summed E-state index contributed by atoms with van der Waals surface area (Å²) < 4.78 is 37.3. The van der Waals surface area contributed by atoms with Crippen molar-refractivity contribution in [3.05, 3.63) is 0 Å². The van der Waals surface area contributed by atoms with Gasteiger partial charge in [0.2, 0.25) is 5.91 Å². The fraction of sp³-hybridized carbons (Fsp3) is 0.727. The zero-order valence-electron chi connectivity index (χ0n) is 11.3. The molecule has 2 N–H and O–H groups in total. The summed E-state index contributed by atoms with van der Waals surface area (Å²) in [6, 6.07) is -1.96. The predicted octanol–water partition coefficient (Wildman–Crippen LogP) is 0.266. The lowest BCUT2D eigenvalue weighted by Crippen LogP contribution is -2.53. The second kappa shape index (κ2) is 6.64. The molecule has 1 heterocycles. The molecule has 0 bridgehead atoms. The van der Waals surface area contributed by atoms with Gasteiger partial charge in [0.15, 0.2) is 0 Å². The van der Waals surface area contributed by atoms with Crippen molar-refractivity contribution in [1.29, 1.82) is 0 Å². The zero-order valence-corrected chi connectivity index (χ0v) is 11.3. The van der Waals surface area contributed by atoms with Crippen molar-refractivity contribution < 1.29 is 32.7 Å². The summed E-state index contributed by atoms with van der Waals surface area (Å²) in [4.78, 5) is 35.5. The third-order valence-corrected chi connectivity index (χ3v) is 3.01. The van der Waals surface area contributed by atoms with Crippen molar-refractivity contribution in [2.75, 3.05) is 26.7 Å². The molecule has 1 atom stereocenters. The Hall–Kier alpha value is -2.00. The molecule has 3 amide bonds. The van der Waals surface area contributed by atoms with E-state index >= 15 is 0 Å². The lowest BCUT2D eigenvalue weighted by molar-refractivity contribution is -0.149. The van der Waals surface area contributed by atoms with E-state index in [1.54, 1.807) is 0 Å². The van der Waals surface area contributed by atoms with E-state index < -0.39 is 43.2 Å². The van der Waals surface area contributed by atoms with Crippen LogP contribution in [-0.2, 0) is 9.59 Å². The third-order valence-electron chi connectivity index (χ3n) is 3.01. The number of carbonyl (C=O) groups is 3. The second-order valence-corrected chi connectivity index (χ2v) is 4.61. The summed E-state index contributed by atoms with van der Waals surface area (Å²) in [5.74, 6) is -2.04. The van der Waals surface area contributed by atoms with Crippen LogP contribution in [0.5, 0.6) is 0 Å². The Kier molecular flexibility index (Phi) is 5.39. The van der Waals surface area contributed by atoms with E-state index in [9.17, 15) is 27.6 Å². The highest BCUT2D eigenvalue weighted by atomic mass is 19.4. The first-order valence-electron chi connectivity index (χ1n) is 6.21. The van der Waals surface area contributed by atoms with Crippen LogP contribution in [-0.4, -0.2) is 71.7 Å². The number of alkyl halides is 3. The van der Waals surface area contributed by atoms with Crippen molar-refractivity contribution in [2.24, 2.45) is 0 Å². The topological polar surface area (TPSA) is 90.0 Å². The van der Waals surface area contributed by atoms with Crippen LogP contribution >= 0.6 is 0 Å². The SMILES string of the molecule is CNC(=O)C1CCCN1C(=O)N(CC(=O)O)CC(F)(F)F. The number of nitrogens with zero attached hydrogens (tertiary/aromatic N) is 2. The van der Waals surface area contributed by atoms with Crippen molar-refractivity contribution >= 4 is 17.9 Å². The number of hydrogen-bond acceptors (Lipinski definition) is 3. The largest absolute Gasteiger partial charge is 0.480 e. The van der Waals surface area contributed by atoms with Gasteiger partial charge in [0.25, 0.3) is 0 Å². The van der Waals surface area contributed by atoms with Crippen LogP contribution in [0.4, 0.5) is 18.0 Å². The van der Waals surface area contributed by atoms with Gasteiger partial charge < -0.3 is 20.2 Å². The minimum atomic E-state index is -4.71. The number of carboxylic acids is 1. The van der Waals surface area contributed by atoms with Crippen molar-refractivity contribution in [3.63, 3.8) is 0 Å². The monoisotopic (exact) mass is 311 g/mol. The van der Waals surface area contributed by atoms with Gasteiger partial charge in [-0.2, -0.15) is 13.2 Å². The Bertz CT molecular complexity index is 427. The van der Waals surface area contributed by atoms with Gasteiger partial charge >= 0.3 is 18.2 Å². The summed E-state index contributed by atoms with van der Waals surface area (Å²) in [6.45, 7) is -2.63. The van der Waals surface area contributed by atoms with E-state index in [0.717, 1.165) is 4.90 Å². The number of likely N-dealkylation sites (tertiary alicyclic amines) is 1. The lowest BCUT2D eigenvalue weighted by atomic mass is 10.2. The van der Waals surface area contributed by atoms with E-state index in [-0.39, 0.29) is 11.4 Å². The number of carbonyl (C=O) groups excluding carboxylic acids is 2. The van der Waals surface area contributed by atoms with Gasteiger partial charge in [-0.25, -0.2) is 4.79 Å². The molecule has 0 aliphatic carbocycles. The van der Waals surface area contributed by atoms with E-state index in [4.69, 9.17) is 5.11 Å². The first-order valence-corrected chi connectivity index (χ1v) is 6.21. The Morgan fingerprint density at radius 1 is 1.38 bits per heavy atom. The fourth-order valence-corrected chi connectivity index (χ4v) is 2.19. The molecular formula is C11H16F3N3O4. The maximum absolute atomic E-state index is 12.4. The second-order valence-electron chi connectivity index (χ2n) is 4.61. The Labute approximate surface area is 118 Å². The Balaban J connectivity index is 2.88. The van der Waals surface area contributed by atoms with Gasteiger partial charge in [-0.15, -0.1) is 0 Å². The van der Waals surface area contributed by atoms with Crippen LogP contribution < -0.4 is 5.32 Å². The molecule has 1 aliphatic rings. The maximum Gasteiger partial charge on any atom is 0.406 e. The van der Waals surface area contributed by atoms with Crippen LogP contribution in [0.15, 0.2) is 0 Å². The highest BCUT2D eigenvalue weighted by Gasteiger charge is 2.40. The fourth-order valence-electron chi connectivity index (χ4n) is 2.19. The van der Waals surface area contributed by atoms with E-state index in [0.29, 0.717) is 12.8 Å². The molecule has 120 valence electrons. The van der Waals surface area contributed by atoms with Crippen LogP contribution in [0.1, 0.15) is 12.8 Å². The third kappa shape index (κ3) is 4.80. The molecule has 0 aromatic heterocycles. The molecule has 1 fully saturated rings. The van der Waals surface area contributed by atoms with Crippen molar-refractivity contribution in [3.8, 4) is 0 Å². The number of nitrogens with one attached hydrogen (secondary N) is 1. The summed E-state index contributed by atoms with van der Waals surface area (Å²) in [5.41, 5.74) is 0. The molecule has 1 rings (SSSR count). The molecule has 21 heavy (non-hydrogen) atoms. The molecule has 10 heteroatoms. The molecular weight excluding hydrogens is 295 g/mol. The predicted molar refractivity (Wildman–Crippen MR) is 64.5 cm³/mol. The first-order chi connectivity index (χ1) is 9.65. The van der Waals surface area contributed by atoms with Crippen LogP contribution in [0, 0.1) is 0 Å². The molecule has 1 saturated heterocycles. The standard InChI is InChI=1S/C11H16F3N3O4/c1-15-9(20)7-3-2-4-17(7)10(21)16(5-8(18)19)6-11(12,13)14/h7H,2-6H2,1H3,(H,15,20)(H,18,19). The van der Waals surface area contributed by atoms with E-state index in [2.05, 4.69) is 5.32 Å². The molecule has 0 aromatic rings. The lowest BCUT2D eigenvalue weighted by Gasteiger charge is -2.30. The van der Waals surface area contributed by atoms with E-state index in [1.807, 2.05) is 0 Å². The summed E-state index contributed by atoms with van der Waals surface area (Å²) in [5, 5.41) is 11.0. The highest BCUT2D eigenvalue weighted by Crippen LogP contribution is 2.22. The van der Waals surface area contributed by atoms with Gasteiger partial charge in [-0.05, 0) is 12.8 Å². The first kappa shape index (κ1) is 17.1. The summed E-state index contributed by atoms with van der Waals surface area (Å²) >= 11 is 0.